The molecule has 3 aromatic rings. The standard InChI is InChI=1S/C29H31ClN4S/c1-17-10-11-20(13-18(17)2)34-27(26(32-28(34)35)24-9-7-8-12-31-24)22-14-21-19(3)16-29(4,5)33(6)25(21)15-23(22)30/h7-16,26-27H,1-6H3,(H,32,35)/t26-,27+/m0/s1. The molecule has 0 bridgehead atoms. The van der Waals surface area contributed by atoms with E-state index in [1.807, 2.05) is 24.4 Å². The Morgan fingerprint density at radius 3 is 2.49 bits per heavy atom. The highest BCUT2D eigenvalue weighted by atomic mass is 35.5. The van der Waals surface area contributed by atoms with Crippen molar-refractivity contribution in [1.29, 1.82) is 0 Å². The number of hydrogen-bond donors (Lipinski definition) is 1. The molecule has 2 aromatic carbocycles. The number of anilines is 2. The molecule has 2 aliphatic heterocycles. The highest BCUT2D eigenvalue weighted by Crippen LogP contribution is 2.48. The lowest BCUT2D eigenvalue weighted by molar-refractivity contribution is 0.567. The summed E-state index contributed by atoms with van der Waals surface area (Å²) in [6.45, 7) is 10.9. The van der Waals surface area contributed by atoms with Crippen molar-refractivity contribution in [2.24, 2.45) is 0 Å². The number of nitrogens with one attached hydrogen (secondary N) is 1. The quantitative estimate of drug-likeness (QED) is 0.384. The first-order chi connectivity index (χ1) is 16.6. The number of allylic oxidation sites excluding steroid dienone is 1. The minimum absolute atomic E-state index is 0.0830. The van der Waals surface area contributed by atoms with E-state index in [0.717, 1.165) is 27.7 Å². The second kappa shape index (κ2) is 8.65. The van der Waals surface area contributed by atoms with Crippen LogP contribution in [0.4, 0.5) is 11.4 Å². The molecule has 0 unspecified atom stereocenters. The molecule has 1 N–H and O–H groups in total. The minimum atomic E-state index is -0.148. The fraction of sp³-hybridized carbons (Fsp3) is 0.310. The Kier molecular flexibility index (Phi) is 5.89. The van der Waals surface area contributed by atoms with Gasteiger partial charge in [-0.2, -0.15) is 0 Å². The van der Waals surface area contributed by atoms with E-state index in [1.54, 1.807) is 0 Å². The van der Waals surface area contributed by atoms with E-state index < -0.39 is 0 Å². The molecule has 5 rings (SSSR count). The fourth-order valence-corrected chi connectivity index (χ4v) is 5.85. The van der Waals surface area contributed by atoms with Crippen molar-refractivity contribution in [1.82, 2.24) is 10.3 Å². The van der Waals surface area contributed by atoms with Crippen molar-refractivity contribution >= 4 is 45.9 Å². The Bertz CT molecular complexity index is 1350. The van der Waals surface area contributed by atoms with Crippen molar-refractivity contribution < 1.29 is 0 Å². The molecule has 3 heterocycles. The molecule has 0 radical (unpaired) electrons. The summed E-state index contributed by atoms with van der Waals surface area (Å²) in [5.74, 6) is 0. The predicted octanol–water partition coefficient (Wildman–Crippen LogP) is 7.16. The first kappa shape index (κ1) is 23.8. The van der Waals surface area contributed by atoms with Crippen LogP contribution in [0, 0.1) is 13.8 Å². The molecule has 1 saturated heterocycles. The lowest BCUT2D eigenvalue weighted by Crippen LogP contribution is -2.42. The van der Waals surface area contributed by atoms with Gasteiger partial charge in [0.25, 0.3) is 0 Å². The minimum Gasteiger partial charge on any atom is -0.365 e. The first-order valence-corrected chi connectivity index (χ1v) is 12.7. The Labute approximate surface area is 218 Å². The Morgan fingerprint density at radius 2 is 1.80 bits per heavy atom. The highest BCUT2D eigenvalue weighted by molar-refractivity contribution is 7.80. The summed E-state index contributed by atoms with van der Waals surface area (Å²) in [7, 11) is 2.13. The van der Waals surface area contributed by atoms with Gasteiger partial charge in [0, 0.05) is 35.2 Å². The van der Waals surface area contributed by atoms with E-state index in [4.69, 9.17) is 23.8 Å². The lowest BCUT2D eigenvalue weighted by Gasteiger charge is -2.41. The van der Waals surface area contributed by atoms with Gasteiger partial charge in [0.05, 0.1) is 23.3 Å². The molecule has 0 amide bonds. The summed E-state index contributed by atoms with van der Waals surface area (Å²) in [4.78, 5) is 9.17. The molecule has 4 nitrogen and oxygen atoms in total. The van der Waals surface area contributed by atoms with Crippen LogP contribution in [0.5, 0.6) is 0 Å². The van der Waals surface area contributed by atoms with Crippen LogP contribution in [0.3, 0.4) is 0 Å². The zero-order valence-corrected chi connectivity index (χ0v) is 22.6. The van der Waals surface area contributed by atoms with Crippen molar-refractivity contribution in [2.45, 2.75) is 52.2 Å². The smallest absolute Gasteiger partial charge is 0.174 e. The van der Waals surface area contributed by atoms with Gasteiger partial charge in [-0.1, -0.05) is 29.8 Å². The van der Waals surface area contributed by atoms with Crippen LogP contribution >= 0.6 is 23.8 Å². The molecule has 35 heavy (non-hydrogen) atoms. The number of halogens is 1. The van der Waals surface area contributed by atoms with Crippen molar-refractivity contribution in [3.63, 3.8) is 0 Å². The maximum Gasteiger partial charge on any atom is 0.174 e. The van der Waals surface area contributed by atoms with E-state index in [0.29, 0.717) is 5.11 Å². The molecule has 2 aliphatic rings. The van der Waals surface area contributed by atoms with Crippen LogP contribution in [-0.4, -0.2) is 22.7 Å². The van der Waals surface area contributed by atoms with Crippen LogP contribution < -0.4 is 15.1 Å². The van der Waals surface area contributed by atoms with Crippen LogP contribution in [-0.2, 0) is 0 Å². The molecule has 0 aliphatic carbocycles. The number of fused-ring (bicyclic) bond motifs is 1. The predicted molar refractivity (Wildman–Crippen MR) is 151 cm³/mol. The van der Waals surface area contributed by atoms with Crippen LogP contribution in [0.2, 0.25) is 5.02 Å². The SMILES string of the molecule is CC1=CC(C)(C)N(C)c2cc(Cl)c([C@@H]3[C@H](c4ccccn4)NC(=S)N3c3ccc(C)c(C)c3)cc21. The fourth-order valence-electron chi connectivity index (χ4n) is 5.24. The molecule has 1 aromatic heterocycles. The number of rotatable bonds is 3. The zero-order chi connectivity index (χ0) is 25.1. The molecule has 0 spiro atoms. The number of aryl methyl sites for hydroxylation is 2. The summed E-state index contributed by atoms with van der Waals surface area (Å²) in [6, 6.07) is 16.6. The van der Waals surface area contributed by atoms with E-state index in [2.05, 4.69) is 98.2 Å². The summed E-state index contributed by atoms with van der Waals surface area (Å²) in [5.41, 5.74) is 9.01. The Morgan fingerprint density at radius 1 is 1.03 bits per heavy atom. The van der Waals surface area contributed by atoms with Gasteiger partial charge in [-0.25, -0.2) is 0 Å². The van der Waals surface area contributed by atoms with Crippen LogP contribution in [0.15, 0.2) is 60.8 Å². The summed E-state index contributed by atoms with van der Waals surface area (Å²) in [5, 5.41) is 4.96. The zero-order valence-electron chi connectivity index (χ0n) is 21.1. The van der Waals surface area contributed by atoms with Gasteiger partial charge >= 0.3 is 0 Å². The maximum atomic E-state index is 7.09. The average molecular weight is 503 g/mol. The largest absolute Gasteiger partial charge is 0.365 e. The summed E-state index contributed by atoms with van der Waals surface area (Å²) >= 11 is 13.0. The maximum absolute atomic E-state index is 7.09. The third-order valence-corrected chi connectivity index (χ3v) is 8.16. The van der Waals surface area contributed by atoms with E-state index in [9.17, 15) is 0 Å². The summed E-state index contributed by atoms with van der Waals surface area (Å²) < 4.78 is 0. The van der Waals surface area contributed by atoms with Gasteiger partial charge in [0.2, 0.25) is 0 Å². The van der Waals surface area contributed by atoms with Gasteiger partial charge < -0.3 is 15.1 Å². The molecule has 6 heteroatoms. The van der Waals surface area contributed by atoms with Gasteiger partial charge in [0.15, 0.2) is 5.11 Å². The number of thiocarbonyl (C=S) groups is 1. The summed E-state index contributed by atoms with van der Waals surface area (Å²) in [6.07, 6.45) is 4.15. The molecule has 2 atom stereocenters. The number of aromatic nitrogens is 1. The van der Waals surface area contributed by atoms with Gasteiger partial charge in [-0.15, -0.1) is 0 Å². The lowest BCUT2D eigenvalue weighted by atomic mass is 9.86. The molecular weight excluding hydrogens is 472 g/mol. The second-order valence-electron chi connectivity index (χ2n) is 10.2. The van der Waals surface area contributed by atoms with Gasteiger partial charge in [0.1, 0.15) is 0 Å². The van der Waals surface area contributed by atoms with Crippen molar-refractivity contribution in [2.75, 3.05) is 16.8 Å². The number of pyridine rings is 1. The monoisotopic (exact) mass is 502 g/mol. The number of hydrogen-bond acceptors (Lipinski definition) is 3. The van der Waals surface area contributed by atoms with E-state index in [1.165, 1.54) is 22.3 Å². The van der Waals surface area contributed by atoms with Crippen molar-refractivity contribution in [3.8, 4) is 0 Å². The van der Waals surface area contributed by atoms with Gasteiger partial charge in [-0.05, 0) is 105 Å². The van der Waals surface area contributed by atoms with E-state index >= 15 is 0 Å². The van der Waals surface area contributed by atoms with Crippen LogP contribution in [0.1, 0.15) is 60.8 Å². The number of benzene rings is 2. The van der Waals surface area contributed by atoms with Crippen molar-refractivity contribution in [3.05, 3.63) is 93.8 Å². The third kappa shape index (κ3) is 4.01. The Balaban J connectivity index is 1.71. The second-order valence-corrected chi connectivity index (χ2v) is 11.0. The number of nitrogens with zero attached hydrogens (tertiary/aromatic N) is 3. The highest BCUT2D eigenvalue weighted by Gasteiger charge is 2.42. The molecular formula is C29H31ClN4S. The molecule has 0 saturated carbocycles. The Hall–Kier alpha value is -2.89. The van der Waals surface area contributed by atoms with Crippen LogP contribution in [0.25, 0.3) is 5.57 Å². The molecule has 180 valence electrons. The normalized spacial score (nSPS) is 21.0. The first-order valence-electron chi connectivity index (χ1n) is 11.9. The van der Waals surface area contributed by atoms with Gasteiger partial charge in [-0.3, -0.25) is 4.98 Å². The molecule has 1 fully saturated rings. The van der Waals surface area contributed by atoms with E-state index in [-0.39, 0.29) is 17.6 Å². The third-order valence-electron chi connectivity index (χ3n) is 7.52. The number of likely N-dealkylation sites (N-methyl/N-ethyl adjacent to an activating group) is 1. The average Bonchev–Trinajstić information content (AvgIpc) is 3.16. The topological polar surface area (TPSA) is 31.4 Å².